The zero-order valence-electron chi connectivity index (χ0n) is 11.8. The molecule has 0 radical (unpaired) electrons. The van der Waals surface area contributed by atoms with E-state index in [1.54, 1.807) is 7.11 Å². The van der Waals surface area contributed by atoms with Gasteiger partial charge in [0.25, 0.3) is 0 Å². The van der Waals surface area contributed by atoms with E-state index in [0.29, 0.717) is 17.9 Å². The third-order valence-electron chi connectivity index (χ3n) is 2.84. The highest BCUT2D eigenvalue weighted by Crippen LogP contribution is 2.39. The number of thioether (sulfide) groups is 2. The van der Waals surface area contributed by atoms with E-state index >= 15 is 0 Å². The highest BCUT2D eigenvalue weighted by atomic mass is 32.2. The molecule has 0 amide bonds. The Balaban J connectivity index is 2.08. The first-order chi connectivity index (χ1) is 9.20. The number of aromatic nitrogens is 1. The van der Waals surface area contributed by atoms with Gasteiger partial charge in [0.1, 0.15) is 5.01 Å². The number of ether oxygens (including phenoxy) is 1. The Kier molecular flexibility index (Phi) is 6.49. The summed E-state index contributed by atoms with van der Waals surface area (Å²) in [5.74, 6) is 3.72. The fraction of sp³-hybridized carbons (Fsp3) is 0.769. The smallest absolute Gasteiger partial charge is 0.107 e. The molecule has 1 aliphatic rings. The first-order valence-corrected chi connectivity index (χ1v) is 9.63. The van der Waals surface area contributed by atoms with Crippen LogP contribution in [0.15, 0.2) is 0 Å². The van der Waals surface area contributed by atoms with E-state index in [1.165, 1.54) is 27.1 Å². The van der Waals surface area contributed by atoms with Gasteiger partial charge in [0.2, 0.25) is 0 Å². The van der Waals surface area contributed by atoms with Crippen molar-refractivity contribution in [2.24, 2.45) is 0 Å². The highest BCUT2D eigenvalue weighted by Gasteiger charge is 2.22. The highest BCUT2D eigenvalue weighted by molar-refractivity contribution is 8.06. The van der Waals surface area contributed by atoms with Crippen molar-refractivity contribution in [2.45, 2.75) is 38.3 Å². The van der Waals surface area contributed by atoms with Gasteiger partial charge in [0.15, 0.2) is 0 Å². The molecule has 2 rings (SSSR count). The van der Waals surface area contributed by atoms with E-state index in [4.69, 9.17) is 9.72 Å². The zero-order chi connectivity index (χ0) is 13.7. The molecular formula is C13H22N2OS3. The first-order valence-electron chi connectivity index (χ1n) is 6.61. The van der Waals surface area contributed by atoms with E-state index in [0.717, 1.165) is 12.2 Å². The monoisotopic (exact) mass is 318 g/mol. The maximum atomic E-state index is 5.28. The van der Waals surface area contributed by atoms with E-state index in [1.807, 2.05) is 34.9 Å². The predicted molar refractivity (Wildman–Crippen MR) is 87.3 cm³/mol. The van der Waals surface area contributed by atoms with Crippen LogP contribution in [0.1, 0.15) is 34.7 Å². The van der Waals surface area contributed by atoms with E-state index in [2.05, 4.69) is 19.2 Å². The summed E-state index contributed by atoms with van der Waals surface area (Å²) in [4.78, 5) is 6.16. The molecule has 0 bridgehead atoms. The van der Waals surface area contributed by atoms with Crippen LogP contribution in [0.3, 0.4) is 0 Å². The largest absolute Gasteiger partial charge is 0.378 e. The van der Waals surface area contributed by atoms with Gasteiger partial charge in [-0.2, -0.15) is 11.8 Å². The van der Waals surface area contributed by atoms with Crippen molar-refractivity contribution in [3.05, 3.63) is 15.6 Å². The van der Waals surface area contributed by atoms with Crippen molar-refractivity contribution in [1.82, 2.24) is 10.3 Å². The molecule has 2 heterocycles. The van der Waals surface area contributed by atoms with Gasteiger partial charge in [-0.3, -0.25) is 0 Å². The lowest BCUT2D eigenvalue weighted by atomic mass is 10.3. The van der Waals surface area contributed by atoms with Gasteiger partial charge in [-0.05, 0) is 0 Å². The van der Waals surface area contributed by atoms with Crippen molar-refractivity contribution < 1.29 is 4.74 Å². The van der Waals surface area contributed by atoms with Crippen LogP contribution in [-0.2, 0) is 17.9 Å². The van der Waals surface area contributed by atoms with Gasteiger partial charge in [0.05, 0.1) is 17.6 Å². The Morgan fingerprint density at radius 1 is 1.42 bits per heavy atom. The van der Waals surface area contributed by atoms with Crippen LogP contribution in [-0.4, -0.2) is 35.4 Å². The minimum absolute atomic E-state index is 0.501. The lowest BCUT2D eigenvalue weighted by Gasteiger charge is -2.18. The van der Waals surface area contributed by atoms with E-state index in [9.17, 15) is 0 Å². The summed E-state index contributed by atoms with van der Waals surface area (Å²) in [7, 11) is 1.74. The second-order valence-electron chi connectivity index (χ2n) is 4.82. The second kappa shape index (κ2) is 7.88. The van der Waals surface area contributed by atoms with Crippen LogP contribution >= 0.6 is 34.9 Å². The van der Waals surface area contributed by atoms with Crippen molar-refractivity contribution in [2.75, 3.05) is 24.4 Å². The van der Waals surface area contributed by atoms with Crippen molar-refractivity contribution >= 4 is 34.9 Å². The molecule has 1 unspecified atom stereocenters. The summed E-state index contributed by atoms with van der Waals surface area (Å²) < 4.78 is 5.28. The van der Waals surface area contributed by atoms with Crippen LogP contribution in [0.5, 0.6) is 0 Å². The summed E-state index contributed by atoms with van der Waals surface area (Å²) in [6, 6.07) is 0.501. The molecule has 1 aliphatic heterocycles. The normalized spacial score (nSPS) is 20.1. The second-order valence-corrected chi connectivity index (χ2v) is 8.40. The topological polar surface area (TPSA) is 34.1 Å². The maximum Gasteiger partial charge on any atom is 0.107 e. The molecule has 0 aliphatic carbocycles. The molecule has 1 aromatic rings. The van der Waals surface area contributed by atoms with E-state index < -0.39 is 0 Å². The Morgan fingerprint density at radius 3 is 2.89 bits per heavy atom. The summed E-state index contributed by atoms with van der Waals surface area (Å²) in [6.45, 7) is 5.87. The standard InChI is InChI=1S/C13H22N2OS3/c1-9(2)14-6-11-10(7-16-3)15-13(19-11)12-8-17-4-5-18-12/h9,12,14H,4-8H2,1-3H3. The average molecular weight is 319 g/mol. The first kappa shape index (κ1) is 15.6. The number of nitrogens with one attached hydrogen (secondary N) is 1. The predicted octanol–water partition coefficient (Wildman–Crippen LogP) is 3.31. The van der Waals surface area contributed by atoms with Crippen LogP contribution < -0.4 is 5.32 Å². The molecule has 0 aromatic carbocycles. The fourth-order valence-corrected chi connectivity index (χ4v) is 5.86. The molecule has 0 saturated carbocycles. The van der Waals surface area contributed by atoms with Crippen molar-refractivity contribution in [1.29, 1.82) is 0 Å². The molecule has 1 aromatic heterocycles. The van der Waals surface area contributed by atoms with E-state index in [-0.39, 0.29) is 0 Å². The van der Waals surface area contributed by atoms with Gasteiger partial charge in [-0.15, -0.1) is 23.1 Å². The quantitative estimate of drug-likeness (QED) is 0.870. The van der Waals surface area contributed by atoms with Gasteiger partial charge in [0, 0.05) is 41.8 Å². The molecule has 1 N–H and O–H groups in total. The zero-order valence-corrected chi connectivity index (χ0v) is 14.2. The lowest BCUT2D eigenvalue weighted by molar-refractivity contribution is 0.181. The summed E-state index contributed by atoms with van der Waals surface area (Å²) in [5.41, 5.74) is 1.12. The summed E-state index contributed by atoms with van der Waals surface area (Å²) in [5, 5.41) is 5.34. The summed E-state index contributed by atoms with van der Waals surface area (Å²) in [6.07, 6.45) is 0. The number of hydrogen-bond acceptors (Lipinski definition) is 6. The SMILES string of the molecule is COCc1nc(C2CSCCS2)sc1CNC(C)C. The minimum atomic E-state index is 0.501. The molecule has 108 valence electrons. The van der Waals surface area contributed by atoms with Crippen LogP contribution in [0.2, 0.25) is 0 Å². The molecule has 3 nitrogen and oxygen atoms in total. The molecule has 6 heteroatoms. The number of thiazole rings is 1. The van der Waals surface area contributed by atoms with Crippen LogP contribution in [0, 0.1) is 0 Å². The van der Waals surface area contributed by atoms with Gasteiger partial charge < -0.3 is 10.1 Å². The molecule has 1 saturated heterocycles. The number of rotatable bonds is 6. The number of hydrogen-bond donors (Lipinski definition) is 1. The Morgan fingerprint density at radius 2 is 2.26 bits per heavy atom. The van der Waals surface area contributed by atoms with Crippen molar-refractivity contribution in [3.63, 3.8) is 0 Å². The van der Waals surface area contributed by atoms with Crippen LogP contribution in [0.4, 0.5) is 0 Å². The minimum Gasteiger partial charge on any atom is -0.378 e. The average Bonchev–Trinajstić information content (AvgIpc) is 2.81. The molecule has 19 heavy (non-hydrogen) atoms. The molecule has 1 fully saturated rings. The Labute approximate surface area is 128 Å². The molecular weight excluding hydrogens is 296 g/mol. The van der Waals surface area contributed by atoms with Gasteiger partial charge >= 0.3 is 0 Å². The number of nitrogens with zero attached hydrogens (tertiary/aromatic N) is 1. The van der Waals surface area contributed by atoms with Crippen LogP contribution in [0.25, 0.3) is 0 Å². The lowest BCUT2D eigenvalue weighted by Crippen LogP contribution is -2.21. The van der Waals surface area contributed by atoms with Gasteiger partial charge in [-0.1, -0.05) is 13.8 Å². The third kappa shape index (κ3) is 4.63. The molecule has 0 spiro atoms. The van der Waals surface area contributed by atoms with Crippen molar-refractivity contribution in [3.8, 4) is 0 Å². The molecule has 1 atom stereocenters. The number of methoxy groups -OCH3 is 1. The van der Waals surface area contributed by atoms with Gasteiger partial charge in [-0.25, -0.2) is 4.98 Å². The summed E-state index contributed by atoms with van der Waals surface area (Å²) >= 11 is 5.95. The Hall–Kier alpha value is 0.250. The third-order valence-corrected chi connectivity index (χ3v) is 6.96. The maximum absolute atomic E-state index is 5.28. The fourth-order valence-electron chi connectivity index (χ4n) is 1.86. The Bertz CT molecular complexity index is 389.